The predicted octanol–water partition coefficient (Wildman–Crippen LogP) is 1.93. The lowest BCUT2D eigenvalue weighted by atomic mass is 10.1. The van der Waals surface area contributed by atoms with E-state index in [0.717, 1.165) is 17.5 Å². The summed E-state index contributed by atoms with van der Waals surface area (Å²) in [6, 6.07) is 6.83. The van der Waals surface area contributed by atoms with Crippen LogP contribution < -0.4 is 20.8 Å². The molecule has 0 amide bonds. The van der Waals surface area contributed by atoms with Crippen LogP contribution in [0.4, 0.5) is 23.1 Å². The summed E-state index contributed by atoms with van der Waals surface area (Å²) < 4.78 is 25.4. The molecule has 5 rings (SSSR count). The van der Waals surface area contributed by atoms with Crippen molar-refractivity contribution in [2.75, 3.05) is 28.2 Å². The van der Waals surface area contributed by atoms with Gasteiger partial charge in [0.2, 0.25) is 16.0 Å². The lowest BCUT2D eigenvalue weighted by molar-refractivity contribution is -0.112. The first kappa shape index (κ1) is 19.8. The van der Waals surface area contributed by atoms with Crippen molar-refractivity contribution < 1.29 is 13.4 Å². The van der Waals surface area contributed by atoms with Crippen LogP contribution in [0.5, 0.6) is 0 Å². The van der Waals surface area contributed by atoms with E-state index in [1.54, 1.807) is 41.9 Å². The summed E-state index contributed by atoms with van der Waals surface area (Å²) in [5.41, 5.74) is 6.84. The lowest BCUT2D eigenvalue weighted by Crippen LogP contribution is -2.17. The number of anilines is 4. The Hall–Kier alpha value is -4.10. The number of sulfonamides is 1. The highest BCUT2D eigenvalue weighted by Crippen LogP contribution is 2.24. The number of hydroxylamine groups is 3. The zero-order valence-electron chi connectivity index (χ0n) is 16.8. The van der Waals surface area contributed by atoms with Crippen LogP contribution in [0.2, 0.25) is 0 Å². The molecule has 5 N–H and O–H groups in total. The van der Waals surface area contributed by atoms with E-state index in [9.17, 15) is 8.42 Å². The first-order chi connectivity index (χ1) is 15.4. The van der Waals surface area contributed by atoms with E-state index in [-0.39, 0.29) is 0 Å². The Morgan fingerprint density at radius 3 is 2.97 bits per heavy atom. The number of nitrogens with zero attached hydrogens (tertiary/aromatic N) is 4. The molecule has 0 fully saturated rings. The highest BCUT2D eigenvalue weighted by Gasteiger charge is 2.17. The zero-order chi connectivity index (χ0) is 22.1. The largest absolute Gasteiger partial charge is 0.364 e. The molecule has 3 aromatic rings. The van der Waals surface area contributed by atoms with Crippen molar-refractivity contribution in [3.8, 4) is 0 Å². The summed E-state index contributed by atoms with van der Waals surface area (Å²) in [6.45, 7) is 0.508. The SMILES string of the molecule is CS(=O)(=O)Nc1cccc(Nc2nc(NCC3=CC4=CNON4C=C3)c3nc[nH]c3n2)c1. The molecular formula is C19H19N9O3S. The van der Waals surface area contributed by atoms with Crippen LogP contribution in [-0.4, -0.2) is 46.2 Å². The number of H-pyrrole nitrogens is 1. The number of rotatable bonds is 7. The Morgan fingerprint density at radius 1 is 1.22 bits per heavy atom. The van der Waals surface area contributed by atoms with Gasteiger partial charge >= 0.3 is 0 Å². The number of nitrogens with one attached hydrogen (secondary N) is 5. The number of aromatic nitrogens is 4. The fraction of sp³-hybridized carbons (Fsp3) is 0.105. The zero-order valence-corrected chi connectivity index (χ0v) is 17.6. The van der Waals surface area contributed by atoms with Crippen LogP contribution in [-0.2, 0) is 15.0 Å². The molecule has 164 valence electrons. The average Bonchev–Trinajstić information content (AvgIpc) is 3.40. The first-order valence-electron chi connectivity index (χ1n) is 9.53. The van der Waals surface area contributed by atoms with Crippen LogP contribution in [0.25, 0.3) is 11.2 Å². The maximum absolute atomic E-state index is 11.5. The summed E-state index contributed by atoms with van der Waals surface area (Å²) in [5.74, 6) is 0.881. The second kappa shape index (κ2) is 7.86. The summed E-state index contributed by atoms with van der Waals surface area (Å²) in [4.78, 5) is 21.5. The molecule has 0 aliphatic carbocycles. The van der Waals surface area contributed by atoms with E-state index in [1.165, 1.54) is 0 Å². The van der Waals surface area contributed by atoms with Crippen LogP contribution in [0.3, 0.4) is 0 Å². The van der Waals surface area contributed by atoms with Crippen molar-refractivity contribution in [1.82, 2.24) is 30.5 Å². The second-order valence-electron chi connectivity index (χ2n) is 7.07. The molecule has 0 saturated carbocycles. The van der Waals surface area contributed by atoms with Gasteiger partial charge in [-0.2, -0.15) is 14.9 Å². The predicted molar refractivity (Wildman–Crippen MR) is 120 cm³/mol. The molecule has 2 aliphatic heterocycles. The van der Waals surface area contributed by atoms with Crippen LogP contribution in [0, 0.1) is 0 Å². The van der Waals surface area contributed by atoms with E-state index in [0.29, 0.717) is 40.8 Å². The van der Waals surface area contributed by atoms with Gasteiger partial charge in [-0.05, 0) is 35.9 Å². The van der Waals surface area contributed by atoms with Crippen molar-refractivity contribution in [3.05, 3.63) is 66.4 Å². The van der Waals surface area contributed by atoms with Gasteiger partial charge in [0, 0.05) is 18.4 Å². The molecule has 13 heteroatoms. The maximum atomic E-state index is 11.5. The van der Waals surface area contributed by atoms with Crippen molar-refractivity contribution in [3.63, 3.8) is 0 Å². The van der Waals surface area contributed by atoms with E-state index < -0.39 is 10.0 Å². The summed E-state index contributed by atoms with van der Waals surface area (Å²) in [7, 11) is -3.38. The standard InChI is InChI=1S/C19H19N9O3S/c1-32(29,30)27-14-4-2-3-13(8-14)24-19-25-17(16-18(26-19)22-11-21-16)20-9-12-5-6-28-15(7-12)10-23-31-28/h2-8,10-11,23,27H,9H2,1H3,(H3,20,21,22,24,25,26). The van der Waals surface area contributed by atoms with Gasteiger partial charge < -0.3 is 15.6 Å². The fourth-order valence-electron chi connectivity index (χ4n) is 3.20. The molecule has 2 aliphatic rings. The quantitative estimate of drug-likeness (QED) is 0.359. The summed E-state index contributed by atoms with van der Waals surface area (Å²) in [6.07, 6.45) is 10.1. The van der Waals surface area contributed by atoms with Crippen molar-refractivity contribution in [1.29, 1.82) is 0 Å². The summed E-state index contributed by atoms with van der Waals surface area (Å²) in [5, 5.41) is 8.03. The van der Waals surface area contributed by atoms with Gasteiger partial charge in [-0.3, -0.25) is 4.72 Å². The van der Waals surface area contributed by atoms with Crippen LogP contribution >= 0.6 is 0 Å². The molecule has 0 atom stereocenters. The van der Waals surface area contributed by atoms with Crippen molar-refractivity contribution in [2.24, 2.45) is 0 Å². The molecule has 0 radical (unpaired) electrons. The molecule has 0 unspecified atom stereocenters. The molecular weight excluding hydrogens is 434 g/mol. The molecule has 32 heavy (non-hydrogen) atoms. The lowest BCUT2D eigenvalue weighted by Gasteiger charge is -2.17. The Labute approximate surface area is 183 Å². The highest BCUT2D eigenvalue weighted by atomic mass is 32.2. The third-order valence-corrected chi connectivity index (χ3v) is 5.14. The molecule has 1 aromatic carbocycles. The number of fused-ring (bicyclic) bond motifs is 2. The number of allylic oxidation sites excluding steroid dienone is 1. The molecule has 12 nitrogen and oxygen atoms in total. The van der Waals surface area contributed by atoms with Gasteiger partial charge in [0.05, 0.1) is 30.2 Å². The Bertz CT molecular complexity index is 1380. The topological polar surface area (TPSA) is 149 Å². The Morgan fingerprint density at radius 2 is 2.09 bits per heavy atom. The van der Waals surface area contributed by atoms with Gasteiger partial charge in [-0.1, -0.05) is 6.07 Å². The molecule has 0 spiro atoms. The van der Waals surface area contributed by atoms with Gasteiger partial charge in [0.15, 0.2) is 11.5 Å². The Kier molecular flexibility index (Phi) is 4.88. The van der Waals surface area contributed by atoms with E-state index in [4.69, 9.17) is 4.94 Å². The van der Waals surface area contributed by atoms with E-state index in [2.05, 4.69) is 40.8 Å². The fourth-order valence-corrected chi connectivity index (χ4v) is 3.75. The van der Waals surface area contributed by atoms with Crippen LogP contribution in [0.1, 0.15) is 0 Å². The average molecular weight is 453 g/mol. The van der Waals surface area contributed by atoms with Gasteiger partial charge in [0.25, 0.3) is 0 Å². The number of benzene rings is 1. The normalized spacial score (nSPS) is 15.1. The number of aromatic amines is 1. The third-order valence-electron chi connectivity index (χ3n) is 4.53. The summed E-state index contributed by atoms with van der Waals surface area (Å²) >= 11 is 0. The number of imidazole rings is 1. The van der Waals surface area contributed by atoms with E-state index >= 15 is 0 Å². The first-order valence-corrected chi connectivity index (χ1v) is 11.4. The van der Waals surface area contributed by atoms with Crippen LogP contribution in [0.15, 0.2) is 66.4 Å². The number of hydrogen-bond donors (Lipinski definition) is 5. The maximum Gasteiger partial charge on any atom is 0.231 e. The number of hydrogen-bond acceptors (Lipinski definition) is 10. The van der Waals surface area contributed by atoms with E-state index in [1.807, 2.05) is 18.4 Å². The minimum Gasteiger partial charge on any atom is -0.364 e. The van der Waals surface area contributed by atoms with Crippen molar-refractivity contribution >= 4 is 44.3 Å². The monoisotopic (exact) mass is 453 g/mol. The highest BCUT2D eigenvalue weighted by molar-refractivity contribution is 7.92. The minimum absolute atomic E-state index is 0.330. The minimum atomic E-state index is -3.38. The van der Waals surface area contributed by atoms with Gasteiger partial charge in [-0.15, -0.1) is 0 Å². The third kappa shape index (κ3) is 4.33. The molecule has 0 bridgehead atoms. The molecule has 2 aromatic heterocycles. The second-order valence-corrected chi connectivity index (χ2v) is 8.82. The Balaban J connectivity index is 1.37. The smallest absolute Gasteiger partial charge is 0.231 e. The molecule has 0 saturated heterocycles. The van der Waals surface area contributed by atoms with Crippen molar-refractivity contribution in [2.45, 2.75) is 0 Å². The van der Waals surface area contributed by atoms with Gasteiger partial charge in [-0.25, -0.2) is 23.9 Å². The molecule has 4 heterocycles. The van der Waals surface area contributed by atoms with Gasteiger partial charge in [0.1, 0.15) is 5.52 Å².